The number of carbonyl (C=O) groups is 2. The summed E-state index contributed by atoms with van der Waals surface area (Å²) in [5, 5.41) is 20.5. The van der Waals surface area contributed by atoms with Gasteiger partial charge in [0.05, 0.1) is 53.7 Å². The Kier molecular flexibility index (Phi) is 17.3. The number of hydrogen-bond donors (Lipinski definition) is 2. The number of cyclic esters (lactones) is 2. The molecule has 6 heterocycles. The molecule has 4 aromatic rings. The summed E-state index contributed by atoms with van der Waals surface area (Å²) in [6.45, 7) is 17.0. The van der Waals surface area contributed by atoms with E-state index in [-0.39, 0.29) is 38.9 Å². The Morgan fingerprint density at radius 2 is 1.14 bits per heavy atom. The summed E-state index contributed by atoms with van der Waals surface area (Å²) in [5.74, 6) is 3.29. The molecule has 6 aliphatic rings. The molecule has 0 amide bonds. The number of allylic oxidation sites excluding steroid dienone is 1. The first kappa shape index (κ1) is 52.2. The number of nitrogens with zero attached hydrogens (tertiary/aromatic N) is 2. The summed E-state index contributed by atoms with van der Waals surface area (Å²) >= 11 is 0. The summed E-state index contributed by atoms with van der Waals surface area (Å²) in [6, 6.07) is 8.67. The van der Waals surface area contributed by atoms with E-state index in [4.69, 9.17) is 47.4 Å². The second kappa shape index (κ2) is 22.9. The topological polar surface area (TPSA) is 173 Å². The third-order valence-electron chi connectivity index (χ3n) is 13.0. The zero-order chi connectivity index (χ0) is 50.3. The Bertz CT molecular complexity index is 2520. The van der Waals surface area contributed by atoms with Crippen LogP contribution in [0.25, 0.3) is 0 Å². The van der Waals surface area contributed by atoms with Gasteiger partial charge in [-0.1, -0.05) is 52.8 Å². The number of likely N-dealkylation sites (N-methyl/N-ethyl adjacent to an activating group) is 2. The largest absolute Gasteiger partial charge is 0.493 e. The van der Waals surface area contributed by atoms with Gasteiger partial charge in [0.25, 0.3) is 0 Å². The standard InChI is InChI=1S/C23H25NO7.C22H23NO7.C4H8.2C2H6/c1-11-12-7-8-24(2)18(16(12)14(9-25)21-19(11)29-10-30-21)20-13-5-6-15(27-3)22(28-4)17(13)23(26)31-20;1-23-7-6-11-8-15-19(29-10-28-15)13(9-24)16(11)18(23)20-12-4-5-14(26-2)21(27-3)17(12)22(25)30-20;1-3-4-2;2*1-2/h5-6,18,20,25H,7-10H2,1-4H3;4-5,8,18,20,24H,6-7,9-10H2,1-3H3;3H,1,4H2,2H3;2*1-2H3/t2*18-,20+;;;/m11.../s1. The highest BCUT2D eigenvalue weighted by Crippen LogP contribution is 2.55. The molecule has 0 bridgehead atoms. The van der Waals surface area contributed by atoms with Crippen LogP contribution in [0.2, 0.25) is 0 Å². The maximum atomic E-state index is 12.9. The number of esters is 2. The molecule has 0 radical (unpaired) electrons. The molecule has 0 aliphatic carbocycles. The number of ether oxygens (including phenoxy) is 10. The number of methoxy groups -OCH3 is 4. The van der Waals surface area contributed by atoms with Crippen molar-refractivity contribution in [2.45, 2.75) is 98.3 Å². The van der Waals surface area contributed by atoms with Crippen LogP contribution in [0.15, 0.2) is 43.0 Å². The molecule has 0 saturated heterocycles. The third kappa shape index (κ3) is 9.22. The van der Waals surface area contributed by atoms with Crippen LogP contribution in [-0.4, -0.2) is 101 Å². The van der Waals surface area contributed by atoms with Crippen molar-refractivity contribution in [1.82, 2.24) is 9.80 Å². The van der Waals surface area contributed by atoms with Gasteiger partial charge >= 0.3 is 11.9 Å². The van der Waals surface area contributed by atoms with Crippen molar-refractivity contribution in [1.29, 1.82) is 0 Å². The summed E-state index contributed by atoms with van der Waals surface area (Å²) in [4.78, 5) is 30.1. The number of aliphatic hydroxyl groups excluding tert-OH is 2. The number of rotatable bonds is 9. The Morgan fingerprint density at radius 1 is 0.681 bits per heavy atom. The first-order valence-electron chi connectivity index (χ1n) is 23.5. The molecular weight excluding hydrogens is 889 g/mol. The lowest BCUT2D eigenvalue weighted by atomic mass is 9.81. The van der Waals surface area contributed by atoms with Crippen LogP contribution < -0.4 is 37.9 Å². The van der Waals surface area contributed by atoms with Gasteiger partial charge in [-0.3, -0.25) is 9.80 Å². The third-order valence-corrected chi connectivity index (χ3v) is 13.0. The van der Waals surface area contributed by atoms with Crippen LogP contribution in [0.1, 0.15) is 136 Å². The van der Waals surface area contributed by atoms with Crippen molar-refractivity contribution in [3.63, 3.8) is 0 Å². The first-order chi connectivity index (χ1) is 33.5. The quantitative estimate of drug-likeness (QED) is 0.120. The molecule has 0 unspecified atom stereocenters. The van der Waals surface area contributed by atoms with Gasteiger partial charge in [0.15, 0.2) is 46.0 Å². The van der Waals surface area contributed by atoms with Gasteiger partial charge in [-0.15, -0.1) is 6.58 Å². The Morgan fingerprint density at radius 3 is 1.64 bits per heavy atom. The molecule has 10 rings (SSSR count). The number of carbonyl (C=O) groups excluding carboxylic acids is 2. The molecule has 0 saturated carbocycles. The molecule has 16 heteroatoms. The van der Waals surface area contributed by atoms with E-state index >= 15 is 0 Å². The van der Waals surface area contributed by atoms with E-state index in [2.05, 4.69) is 23.3 Å². The minimum Gasteiger partial charge on any atom is -0.493 e. The van der Waals surface area contributed by atoms with Crippen LogP contribution in [-0.2, 0) is 35.5 Å². The maximum Gasteiger partial charge on any atom is 0.343 e. The summed E-state index contributed by atoms with van der Waals surface area (Å²) in [6.07, 6.45) is 3.45. The van der Waals surface area contributed by atoms with Crippen molar-refractivity contribution >= 4 is 11.9 Å². The molecule has 6 aliphatic heterocycles. The molecule has 0 spiro atoms. The molecule has 0 fully saturated rings. The van der Waals surface area contributed by atoms with Crippen molar-refractivity contribution in [2.24, 2.45) is 0 Å². The number of fused-ring (bicyclic) bond motifs is 6. The van der Waals surface area contributed by atoms with Gasteiger partial charge in [-0.05, 0) is 86.3 Å². The van der Waals surface area contributed by atoms with Gasteiger partial charge in [0, 0.05) is 35.3 Å². The average Bonchev–Trinajstić information content (AvgIpc) is 4.21. The van der Waals surface area contributed by atoms with Crippen molar-refractivity contribution in [3.05, 3.63) is 104 Å². The molecule has 4 aromatic carbocycles. The monoisotopic (exact) mass is 956 g/mol. The zero-order valence-corrected chi connectivity index (χ0v) is 42.0. The van der Waals surface area contributed by atoms with E-state index in [9.17, 15) is 19.8 Å². The van der Waals surface area contributed by atoms with Crippen molar-refractivity contribution in [2.75, 3.05) is 69.2 Å². The molecule has 69 heavy (non-hydrogen) atoms. The van der Waals surface area contributed by atoms with Crippen molar-refractivity contribution < 1.29 is 67.2 Å². The summed E-state index contributed by atoms with van der Waals surface area (Å²) < 4.78 is 56.1. The van der Waals surface area contributed by atoms with E-state index in [1.807, 2.05) is 73.0 Å². The van der Waals surface area contributed by atoms with E-state index in [0.29, 0.717) is 68.2 Å². The van der Waals surface area contributed by atoms with E-state index in [1.54, 1.807) is 12.1 Å². The second-order valence-corrected chi connectivity index (χ2v) is 16.3. The van der Waals surface area contributed by atoms with E-state index < -0.39 is 24.1 Å². The Labute approximate surface area is 405 Å². The van der Waals surface area contributed by atoms with Crippen molar-refractivity contribution in [3.8, 4) is 46.0 Å². The summed E-state index contributed by atoms with van der Waals surface area (Å²) in [7, 11) is 10.1. The molecule has 16 nitrogen and oxygen atoms in total. The van der Waals surface area contributed by atoms with Crippen LogP contribution in [0, 0.1) is 6.92 Å². The Hall–Kier alpha value is -6.20. The summed E-state index contributed by atoms with van der Waals surface area (Å²) in [5.41, 5.74) is 8.68. The minimum absolute atomic E-state index is 0.129. The predicted molar refractivity (Wildman–Crippen MR) is 258 cm³/mol. The minimum atomic E-state index is -0.559. The molecule has 0 aromatic heterocycles. The lowest BCUT2D eigenvalue weighted by Gasteiger charge is -2.39. The van der Waals surface area contributed by atoms with Crippen LogP contribution in [0.3, 0.4) is 0 Å². The highest BCUT2D eigenvalue weighted by Gasteiger charge is 2.48. The SMILES string of the molecule is C=CCC.CC.CC.COc1ccc2c(c1OC)C(=O)O[C@@H]2[C@H]1c2c(c(C)c3c(c2CO)OCO3)CCN1C.COc1ccc2c(c1OC)C(=O)O[C@@H]2[C@H]1c2c(cc3c(c2CO)OCO3)CCN1C. The molecule has 374 valence electrons. The van der Waals surface area contributed by atoms with Crippen LogP contribution in [0.5, 0.6) is 46.0 Å². The second-order valence-electron chi connectivity index (χ2n) is 16.3. The first-order valence-corrected chi connectivity index (χ1v) is 23.5. The zero-order valence-electron chi connectivity index (χ0n) is 42.0. The normalized spacial score (nSPS) is 19.7. The van der Waals surface area contributed by atoms with Gasteiger partial charge < -0.3 is 57.6 Å². The lowest BCUT2D eigenvalue weighted by Crippen LogP contribution is -2.37. The lowest BCUT2D eigenvalue weighted by molar-refractivity contribution is 0.00814. The maximum absolute atomic E-state index is 12.9. The number of benzene rings is 4. The predicted octanol–water partition coefficient (Wildman–Crippen LogP) is 8.67. The average molecular weight is 957 g/mol. The highest BCUT2D eigenvalue weighted by atomic mass is 16.7. The van der Waals surface area contributed by atoms with Gasteiger partial charge in [-0.25, -0.2) is 9.59 Å². The number of aliphatic hydroxyl groups is 2. The number of hydrogen-bond acceptors (Lipinski definition) is 16. The van der Waals surface area contributed by atoms with Gasteiger partial charge in [-0.2, -0.15) is 0 Å². The van der Waals surface area contributed by atoms with Gasteiger partial charge in [0.2, 0.25) is 13.6 Å². The smallest absolute Gasteiger partial charge is 0.343 e. The van der Waals surface area contributed by atoms with E-state index in [1.165, 1.54) is 28.4 Å². The van der Waals surface area contributed by atoms with E-state index in [0.717, 1.165) is 71.3 Å². The fourth-order valence-corrected chi connectivity index (χ4v) is 9.97. The van der Waals surface area contributed by atoms with Gasteiger partial charge in [0.1, 0.15) is 23.3 Å². The highest BCUT2D eigenvalue weighted by molar-refractivity contribution is 5.99. The molecule has 2 N–H and O–H groups in total. The van der Waals surface area contributed by atoms with Crippen LogP contribution >= 0.6 is 0 Å². The Balaban J connectivity index is 0.000000198. The molecular formula is C53H68N2O14. The van der Waals surface area contributed by atoms with Crippen LogP contribution in [0.4, 0.5) is 0 Å². The molecule has 4 atom stereocenters. The fourth-order valence-electron chi connectivity index (χ4n) is 9.97. The fraction of sp³-hybridized carbons (Fsp3) is 0.472.